The van der Waals surface area contributed by atoms with Crippen LogP contribution in [0.4, 0.5) is 10.5 Å². The molecule has 0 saturated carbocycles. The summed E-state index contributed by atoms with van der Waals surface area (Å²) in [6.07, 6.45) is 3.74. The number of rotatable bonds is 13. The van der Waals surface area contributed by atoms with Gasteiger partial charge in [0.1, 0.15) is 18.3 Å². The third-order valence-corrected chi connectivity index (χ3v) is 6.61. The second-order valence-electron chi connectivity index (χ2n) is 9.64. The zero-order valence-electron chi connectivity index (χ0n) is 23.7. The number of methoxy groups -OCH3 is 1. The van der Waals surface area contributed by atoms with E-state index in [0.29, 0.717) is 24.0 Å². The highest BCUT2D eigenvalue weighted by Gasteiger charge is 2.23. The molecule has 0 bridgehead atoms. The Morgan fingerprint density at radius 2 is 1.67 bits per heavy atom. The maximum atomic E-state index is 13.5. The number of esters is 1. The monoisotopic (exact) mass is 583 g/mol. The van der Waals surface area contributed by atoms with Crippen molar-refractivity contribution in [2.45, 2.75) is 38.3 Å². The predicted octanol–water partition coefficient (Wildman–Crippen LogP) is 4.18. The van der Waals surface area contributed by atoms with E-state index in [9.17, 15) is 19.2 Å². The number of carbonyl (C=O) groups excluding carboxylic acids is 4. The number of hydrogen-bond donors (Lipinski definition) is 3. The third-order valence-electron chi connectivity index (χ3n) is 6.61. The molecule has 4 aromatic rings. The molecule has 2 aromatic heterocycles. The lowest BCUT2D eigenvalue weighted by atomic mass is 10.1. The van der Waals surface area contributed by atoms with E-state index in [4.69, 9.17) is 9.47 Å². The lowest BCUT2D eigenvalue weighted by molar-refractivity contribution is -0.140. The summed E-state index contributed by atoms with van der Waals surface area (Å²) in [5.74, 6) is -1.31. The Bertz CT molecular complexity index is 1560. The number of alkyl carbamates (subject to hydrolysis) is 1. The van der Waals surface area contributed by atoms with Crippen LogP contribution in [0.1, 0.15) is 40.9 Å². The molecule has 0 unspecified atom stereocenters. The van der Waals surface area contributed by atoms with Crippen molar-refractivity contribution in [2.75, 3.05) is 19.0 Å². The topological polar surface area (TPSA) is 149 Å². The minimum Gasteiger partial charge on any atom is -0.469 e. The van der Waals surface area contributed by atoms with Crippen LogP contribution in [0.2, 0.25) is 0 Å². The fourth-order valence-electron chi connectivity index (χ4n) is 4.29. The maximum Gasteiger partial charge on any atom is 0.407 e. The van der Waals surface area contributed by atoms with Crippen LogP contribution < -0.4 is 16.0 Å². The molecular weight excluding hydrogens is 550 g/mol. The van der Waals surface area contributed by atoms with Gasteiger partial charge >= 0.3 is 12.1 Å². The first-order valence-corrected chi connectivity index (χ1v) is 13.8. The highest BCUT2D eigenvalue weighted by Crippen LogP contribution is 2.18. The first kappa shape index (κ1) is 30.6. The van der Waals surface area contributed by atoms with Crippen molar-refractivity contribution >= 4 is 40.5 Å². The summed E-state index contributed by atoms with van der Waals surface area (Å²) in [5.41, 5.74) is 2.91. The van der Waals surface area contributed by atoms with Crippen molar-refractivity contribution < 1.29 is 28.7 Å². The average Bonchev–Trinajstić information content (AvgIpc) is 3.04. The molecule has 3 amide bonds. The van der Waals surface area contributed by atoms with Crippen molar-refractivity contribution in [3.8, 4) is 0 Å². The Morgan fingerprint density at radius 3 is 2.49 bits per heavy atom. The first-order chi connectivity index (χ1) is 20.9. The van der Waals surface area contributed by atoms with Crippen LogP contribution in [-0.4, -0.2) is 53.5 Å². The fraction of sp³-hybridized carbons (Fsp3) is 0.250. The highest BCUT2D eigenvalue weighted by atomic mass is 16.5. The summed E-state index contributed by atoms with van der Waals surface area (Å²) >= 11 is 0. The minimum atomic E-state index is -0.941. The van der Waals surface area contributed by atoms with Crippen LogP contribution in [0, 0.1) is 0 Å². The normalized spacial score (nSPS) is 11.3. The molecule has 0 saturated heterocycles. The molecule has 11 nitrogen and oxygen atoms in total. The fourth-order valence-corrected chi connectivity index (χ4v) is 4.29. The zero-order valence-corrected chi connectivity index (χ0v) is 23.7. The van der Waals surface area contributed by atoms with E-state index in [1.165, 1.54) is 7.11 Å². The molecule has 43 heavy (non-hydrogen) atoms. The van der Waals surface area contributed by atoms with Gasteiger partial charge in [0.2, 0.25) is 5.91 Å². The van der Waals surface area contributed by atoms with Crippen molar-refractivity contribution in [3.05, 3.63) is 102 Å². The van der Waals surface area contributed by atoms with E-state index in [1.807, 2.05) is 30.3 Å². The first-order valence-electron chi connectivity index (χ1n) is 13.8. The zero-order chi connectivity index (χ0) is 30.4. The SMILES string of the molecule is COC(=O)CCc1ccccc1NC(=O)[C@H](CCCNC(=O)OCc1ccncc1)NC(=O)c1ccc2ccccc2n1. The van der Waals surface area contributed by atoms with Crippen LogP contribution in [0.15, 0.2) is 85.2 Å². The van der Waals surface area contributed by atoms with Gasteiger partial charge in [0.05, 0.1) is 12.6 Å². The second-order valence-corrected chi connectivity index (χ2v) is 9.64. The summed E-state index contributed by atoms with van der Waals surface area (Å²) in [4.78, 5) is 58.8. The maximum absolute atomic E-state index is 13.5. The predicted molar refractivity (Wildman–Crippen MR) is 160 cm³/mol. The smallest absolute Gasteiger partial charge is 0.407 e. The van der Waals surface area contributed by atoms with Crippen molar-refractivity contribution in [3.63, 3.8) is 0 Å². The van der Waals surface area contributed by atoms with Gasteiger partial charge in [-0.05, 0) is 60.7 Å². The van der Waals surface area contributed by atoms with Crippen LogP contribution in [0.3, 0.4) is 0 Å². The number of benzene rings is 2. The molecule has 0 fully saturated rings. The molecule has 11 heteroatoms. The molecule has 222 valence electrons. The van der Waals surface area contributed by atoms with E-state index >= 15 is 0 Å². The number of aromatic nitrogens is 2. The third kappa shape index (κ3) is 9.35. The number of fused-ring (bicyclic) bond motifs is 1. The lowest BCUT2D eigenvalue weighted by Gasteiger charge is -2.20. The second kappa shape index (κ2) is 15.6. The molecular formula is C32H33N5O6. The average molecular weight is 584 g/mol. The number of anilines is 1. The highest BCUT2D eigenvalue weighted by molar-refractivity contribution is 6.01. The summed E-state index contributed by atoms with van der Waals surface area (Å²) < 4.78 is 9.94. The van der Waals surface area contributed by atoms with E-state index in [2.05, 4.69) is 25.9 Å². The number of nitrogens with one attached hydrogen (secondary N) is 3. The van der Waals surface area contributed by atoms with E-state index in [1.54, 1.807) is 54.9 Å². The molecule has 0 aliphatic carbocycles. The summed E-state index contributed by atoms with van der Waals surface area (Å²) in [5, 5.41) is 9.23. The van der Waals surface area contributed by atoms with Crippen LogP contribution in [0.5, 0.6) is 0 Å². The number of amides is 3. The Morgan fingerprint density at radius 1 is 0.907 bits per heavy atom. The number of pyridine rings is 2. The van der Waals surface area contributed by atoms with Gasteiger partial charge in [0, 0.05) is 36.4 Å². The summed E-state index contributed by atoms with van der Waals surface area (Å²) in [7, 11) is 1.32. The molecule has 0 spiro atoms. The molecule has 4 rings (SSSR count). The van der Waals surface area contributed by atoms with Crippen molar-refractivity contribution in [1.82, 2.24) is 20.6 Å². The molecule has 0 aliphatic rings. The Hall–Kier alpha value is -5.32. The molecule has 3 N–H and O–H groups in total. The van der Waals surface area contributed by atoms with Crippen LogP contribution in [0.25, 0.3) is 10.9 Å². The molecule has 0 radical (unpaired) electrons. The largest absolute Gasteiger partial charge is 0.469 e. The Kier molecular flexibility index (Phi) is 11.1. The lowest BCUT2D eigenvalue weighted by Crippen LogP contribution is -2.44. The van der Waals surface area contributed by atoms with Crippen LogP contribution in [-0.2, 0) is 32.1 Å². The number of carbonyl (C=O) groups is 4. The van der Waals surface area contributed by atoms with Gasteiger partial charge in [-0.25, -0.2) is 9.78 Å². The van der Waals surface area contributed by atoms with Gasteiger partial charge in [-0.3, -0.25) is 19.4 Å². The van der Waals surface area contributed by atoms with E-state index < -0.39 is 23.9 Å². The number of hydrogen-bond acceptors (Lipinski definition) is 8. The summed E-state index contributed by atoms with van der Waals surface area (Å²) in [6, 6.07) is 20.5. The molecule has 2 heterocycles. The quantitative estimate of drug-likeness (QED) is 0.157. The van der Waals surface area contributed by atoms with Gasteiger partial charge in [-0.15, -0.1) is 0 Å². The Labute approximate surface area is 249 Å². The van der Waals surface area contributed by atoms with Gasteiger partial charge in [0.25, 0.3) is 5.91 Å². The minimum absolute atomic E-state index is 0.101. The van der Waals surface area contributed by atoms with E-state index in [0.717, 1.165) is 16.5 Å². The van der Waals surface area contributed by atoms with Gasteiger partial charge in [-0.1, -0.05) is 42.5 Å². The number of para-hydroxylation sites is 2. The number of nitrogens with zero attached hydrogens (tertiary/aromatic N) is 2. The van der Waals surface area contributed by atoms with Crippen molar-refractivity contribution in [2.24, 2.45) is 0 Å². The standard InChI is InChI=1S/C32H33N5O6/c1-42-29(38)15-13-24-8-3-5-10-26(24)36-30(39)27(11-6-18-34-32(41)43-21-22-16-19-33-20-17-22)37-31(40)28-14-12-23-7-2-4-9-25(23)35-28/h2-5,7-10,12,14,16-17,19-20,27H,6,11,13,15,18,21H2,1H3,(H,34,41)(H,36,39)(H,37,40)/t27-/m0/s1. The van der Waals surface area contributed by atoms with Gasteiger partial charge < -0.3 is 25.4 Å². The van der Waals surface area contributed by atoms with Gasteiger partial charge in [-0.2, -0.15) is 0 Å². The molecule has 0 aliphatic heterocycles. The number of ether oxygens (including phenoxy) is 2. The molecule has 2 aromatic carbocycles. The van der Waals surface area contributed by atoms with E-state index in [-0.39, 0.29) is 37.7 Å². The number of aryl methyl sites for hydroxylation is 1. The Balaban J connectivity index is 1.40. The van der Waals surface area contributed by atoms with Crippen molar-refractivity contribution in [1.29, 1.82) is 0 Å². The summed E-state index contributed by atoms with van der Waals surface area (Å²) in [6.45, 7) is 0.322. The molecule has 1 atom stereocenters. The van der Waals surface area contributed by atoms with Gasteiger partial charge in [0.15, 0.2) is 0 Å². The van der Waals surface area contributed by atoms with Crippen LogP contribution >= 0.6 is 0 Å².